The van der Waals surface area contributed by atoms with E-state index in [1.165, 1.54) is 13.2 Å². The average molecular weight is 342 g/mol. The van der Waals surface area contributed by atoms with Crippen molar-refractivity contribution < 1.29 is 13.9 Å². The first-order valence-corrected chi connectivity index (χ1v) is 7.42. The summed E-state index contributed by atoms with van der Waals surface area (Å²) in [6.07, 6.45) is 1.56. The van der Waals surface area contributed by atoms with Crippen molar-refractivity contribution in [1.82, 2.24) is 0 Å². The maximum absolute atomic E-state index is 13.6. The van der Waals surface area contributed by atoms with Gasteiger partial charge in [-0.1, -0.05) is 36.5 Å². The number of rotatable bonds is 6. The number of nitrogens with zero attached hydrogens (tertiary/aromatic N) is 1. The van der Waals surface area contributed by atoms with E-state index in [0.717, 1.165) is 0 Å². The van der Waals surface area contributed by atoms with Crippen LogP contribution in [0.2, 0.25) is 0 Å². The van der Waals surface area contributed by atoms with E-state index in [1.54, 1.807) is 42.5 Å². The van der Waals surface area contributed by atoms with Gasteiger partial charge in [0.05, 0.1) is 12.7 Å². The van der Waals surface area contributed by atoms with E-state index < -0.39 is 0 Å². The highest BCUT2D eigenvalue weighted by Crippen LogP contribution is 2.30. The van der Waals surface area contributed by atoms with E-state index in [0.29, 0.717) is 22.6 Å². The first-order valence-electron chi connectivity index (χ1n) is 7.01. The molecule has 0 spiro atoms. The monoisotopic (exact) mass is 342 g/mol. The molecular weight excluding hydrogens is 327 g/mol. The smallest absolute Gasteiger partial charge is 0.161 e. The molecule has 0 amide bonds. The SMILES string of the molecule is COc1cc(/C=C(\C#N)C(N)=S)ccc1OCc1ccccc1F. The van der Waals surface area contributed by atoms with Crippen LogP contribution in [0.25, 0.3) is 6.08 Å². The number of halogens is 1. The molecule has 0 aliphatic rings. The van der Waals surface area contributed by atoms with Gasteiger partial charge in [0, 0.05) is 5.56 Å². The van der Waals surface area contributed by atoms with Crippen molar-refractivity contribution in [1.29, 1.82) is 5.26 Å². The van der Waals surface area contributed by atoms with Crippen molar-refractivity contribution in [2.75, 3.05) is 7.11 Å². The molecule has 0 bridgehead atoms. The van der Waals surface area contributed by atoms with Crippen molar-refractivity contribution in [3.8, 4) is 17.6 Å². The molecule has 2 rings (SSSR count). The fourth-order valence-electron chi connectivity index (χ4n) is 1.99. The van der Waals surface area contributed by atoms with Crippen LogP contribution in [-0.4, -0.2) is 12.1 Å². The molecule has 0 radical (unpaired) electrons. The van der Waals surface area contributed by atoms with Gasteiger partial charge in [-0.3, -0.25) is 0 Å². The van der Waals surface area contributed by atoms with Crippen LogP contribution in [0, 0.1) is 17.1 Å². The third-order valence-electron chi connectivity index (χ3n) is 3.23. The molecule has 2 N–H and O–H groups in total. The van der Waals surface area contributed by atoms with Gasteiger partial charge in [0.25, 0.3) is 0 Å². The van der Waals surface area contributed by atoms with Crippen molar-refractivity contribution in [3.05, 3.63) is 65.0 Å². The van der Waals surface area contributed by atoms with Crippen LogP contribution in [0.4, 0.5) is 4.39 Å². The Kier molecular flexibility index (Phi) is 5.88. The largest absolute Gasteiger partial charge is 0.493 e. The minimum absolute atomic E-state index is 0.0244. The van der Waals surface area contributed by atoms with Crippen LogP contribution in [0.15, 0.2) is 48.0 Å². The molecule has 0 fully saturated rings. The molecule has 4 nitrogen and oxygen atoms in total. The summed E-state index contributed by atoms with van der Waals surface area (Å²) >= 11 is 4.81. The molecule has 2 aromatic rings. The minimum atomic E-state index is -0.328. The fraction of sp³-hybridized carbons (Fsp3) is 0.111. The number of ether oxygens (including phenoxy) is 2. The lowest BCUT2D eigenvalue weighted by atomic mass is 10.1. The lowest BCUT2D eigenvalue weighted by Crippen LogP contribution is -2.09. The Morgan fingerprint density at radius 2 is 2.04 bits per heavy atom. The third-order valence-corrected chi connectivity index (χ3v) is 3.45. The number of benzene rings is 2. The minimum Gasteiger partial charge on any atom is -0.493 e. The van der Waals surface area contributed by atoms with Crippen molar-refractivity contribution in [2.45, 2.75) is 6.61 Å². The van der Waals surface area contributed by atoms with Crippen molar-refractivity contribution in [3.63, 3.8) is 0 Å². The lowest BCUT2D eigenvalue weighted by molar-refractivity contribution is 0.279. The summed E-state index contributed by atoms with van der Waals surface area (Å²) in [5.74, 6) is 0.596. The van der Waals surface area contributed by atoms with E-state index >= 15 is 0 Å². The number of nitriles is 1. The van der Waals surface area contributed by atoms with Gasteiger partial charge in [-0.05, 0) is 29.8 Å². The van der Waals surface area contributed by atoms with E-state index in [4.69, 9.17) is 32.7 Å². The van der Waals surface area contributed by atoms with E-state index in [-0.39, 0.29) is 23.0 Å². The Morgan fingerprint density at radius 1 is 1.29 bits per heavy atom. The summed E-state index contributed by atoms with van der Waals surface area (Å²) in [6.45, 7) is 0.0779. The maximum Gasteiger partial charge on any atom is 0.161 e. The Labute approximate surface area is 144 Å². The molecule has 0 saturated heterocycles. The second-order valence-electron chi connectivity index (χ2n) is 4.82. The predicted molar refractivity (Wildman–Crippen MR) is 94.1 cm³/mol. The quantitative estimate of drug-likeness (QED) is 0.493. The van der Waals surface area contributed by atoms with Gasteiger partial charge >= 0.3 is 0 Å². The van der Waals surface area contributed by atoms with Crippen LogP contribution in [0.5, 0.6) is 11.5 Å². The van der Waals surface area contributed by atoms with Crippen molar-refractivity contribution in [2.24, 2.45) is 5.73 Å². The van der Waals surface area contributed by atoms with E-state index in [2.05, 4.69) is 0 Å². The lowest BCUT2D eigenvalue weighted by Gasteiger charge is -2.12. The zero-order valence-corrected chi connectivity index (χ0v) is 13.8. The van der Waals surface area contributed by atoms with Gasteiger partial charge in [-0.15, -0.1) is 0 Å². The number of nitrogens with two attached hydrogens (primary N) is 1. The predicted octanol–water partition coefficient (Wildman–Crippen LogP) is 3.61. The first kappa shape index (κ1) is 17.4. The zero-order valence-electron chi connectivity index (χ0n) is 13.0. The highest BCUT2D eigenvalue weighted by atomic mass is 32.1. The Bertz CT molecular complexity index is 828. The Balaban J connectivity index is 2.22. The summed E-state index contributed by atoms with van der Waals surface area (Å²) in [5.41, 5.74) is 6.81. The maximum atomic E-state index is 13.6. The Morgan fingerprint density at radius 3 is 2.67 bits per heavy atom. The zero-order chi connectivity index (χ0) is 17.5. The molecule has 0 aliphatic carbocycles. The molecule has 0 atom stereocenters. The summed E-state index contributed by atoms with van der Waals surface area (Å²) in [7, 11) is 1.50. The molecule has 0 saturated carbocycles. The molecule has 0 unspecified atom stereocenters. The number of methoxy groups -OCH3 is 1. The van der Waals surface area contributed by atoms with Gasteiger partial charge in [0.15, 0.2) is 11.5 Å². The van der Waals surface area contributed by atoms with E-state index in [1.807, 2.05) is 6.07 Å². The molecule has 122 valence electrons. The number of hydrogen-bond donors (Lipinski definition) is 1. The van der Waals surface area contributed by atoms with Gasteiger partial charge in [-0.25, -0.2) is 4.39 Å². The standard InChI is InChI=1S/C18H15FN2O2S/c1-22-17-9-12(8-14(10-20)18(21)24)6-7-16(17)23-11-13-4-2-3-5-15(13)19/h2-9H,11H2,1H3,(H2,21,24)/b14-8+. The summed E-state index contributed by atoms with van der Waals surface area (Å²) in [4.78, 5) is 0.0244. The molecule has 6 heteroatoms. The third kappa shape index (κ3) is 4.31. The topological polar surface area (TPSA) is 68.3 Å². The molecule has 2 aromatic carbocycles. The highest BCUT2D eigenvalue weighted by molar-refractivity contribution is 7.80. The van der Waals surface area contributed by atoms with Crippen molar-refractivity contribution >= 4 is 23.3 Å². The number of thiocarbonyl (C=S) groups is 1. The number of hydrogen-bond acceptors (Lipinski definition) is 4. The second-order valence-corrected chi connectivity index (χ2v) is 5.26. The first-order chi connectivity index (χ1) is 11.5. The summed E-state index contributed by atoms with van der Waals surface area (Å²) in [5, 5.41) is 9.00. The van der Waals surface area contributed by atoms with Gasteiger partial charge in [0.2, 0.25) is 0 Å². The van der Waals surface area contributed by atoms with Crippen LogP contribution in [0.3, 0.4) is 0 Å². The van der Waals surface area contributed by atoms with Crippen LogP contribution in [-0.2, 0) is 6.61 Å². The highest BCUT2D eigenvalue weighted by Gasteiger charge is 2.08. The fourth-order valence-corrected chi connectivity index (χ4v) is 2.09. The normalized spacial score (nSPS) is 10.8. The van der Waals surface area contributed by atoms with Crippen LogP contribution >= 0.6 is 12.2 Å². The van der Waals surface area contributed by atoms with Crippen LogP contribution in [0.1, 0.15) is 11.1 Å². The second kappa shape index (κ2) is 8.09. The van der Waals surface area contributed by atoms with Gasteiger partial charge in [-0.2, -0.15) is 5.26 Å². The van der Waals surface area contributed by atoms with Gasteiger partial charge < -0.3 is 15.2 Å². The molecule has 0 aromatic heterocycles. The van der Waals surface area contributed by atoms with Crippen LogP contribution < -0.4 is 15.2 Å². The van der Waals surface area contributed by atoms with Gasteiger partial charge in [0.1, 0.15) is 23.5 Å². The molecule has 24 heavy (non-hydrogen) atoms. The van der Waals surface area contributed by atoms with E-state index in [9.17, 15) is 4.39 Å². The Hall–Kier alpha value is -2.91. The molecule has 0 aliphatic heterocycles. The average Bonchev–Trinajstić information content (AvgIpc) is 2.59. The summed E-state index contributed by atoms with van der Waals surface area (Å²) in [6, 6.07) is 13.4. The summed E-state index contributed by atoms with van der Waals surface area (Å²) < 4.78 is 24.5. The molecule has 0 heterocycles. The molecular formula is C18H15FN2O2S.